The second kappa shape index (κ2) is 13.0. The lowest BCUT2D eigenvalue weighted by Crippen LogP contribution is -2.39. The highest BCUT2D eigenvalue weighted by Crippen LogP contribution is 2.34. The van der Waals surface area contributed by atoms with Crippen LogP contribution in [0.5, 0.6) is 11.6 Å². The van der Waals surface area contributed by atoms with Crippen LogP contribution in [0.4, 0.5) is 0 Å². The van der Waals surface area contributed by atoms with Crippen LogP contribution in [-0.2, 0) is 23.1 Å². The molecule has 1 aliphatic rings. The molecule has 0 saturated carbocycles. The molecule has 0 amide bonds. The van der Waals surface area contributed by atoms with E-state index in [1.54, 1.807) is 4.68 Å². The van der Waals surface area contributed by atoms with Gasteiger partial charge in [0, 0.05) is 45.5 Å². The Kier molecular flexibility index (Phi) is 9.53. The van der Waals surface area contributed by atoms with Crippen LogP contribution >= 0.6 is 0 Å². The van der Waals surface area contributed by atoms with Gasteiger partial charge in [-0.05, 0) is 30.9 Å². The fourth-order valence-electron chi connectivity index (χ4n) is 4.54. The standard InChI is InChI=1S/C29H39N3O4/c1-22(2)20-34-21-24(33)17-32(18-26-15-10-16-35-26)19-27-28(23-11-6-4-7-12-23)30-31(3)29(27)36-25-13-8-5-9-14-25/h4-9,11-14,22,24,26,33H,10,15-21H2,1-3H3/t24-,26-/m1/s1. The second-order valence-corrected chi connectivity index (χ2v) is 9.95. The Balaban J connectivity index is 1.61. The first-order chi connectivity index (χ1) is 17.5. The van der Waals surface area contributed by atoms with E-state index < -0.39 is 6.10 Å². The smallest absolute Gasteiger partial charge is 0.222 e. The third-order valence-corrected chi connectivity index (χ3v) is 6.19. The van der Waals surface area contributed by atoms with Crippen LogP contribution in [-0.4, -0.2) is 64.9 Å². The average Bonchev–Trinajstić information content (AvgIpc) is 3.48. The number of benzene rings is 2. The average molecular weight is 494 g/mol. The summed E-state index contributed by atoms with van der Waals surface area (Å²) in [4.78, 5) is 2.25. The maximum absolute atomic E-state index is 10.8. The fourth-order valence-corrected chi connectivity index (χ4v) is 4.54. The third kappa shape index (κ3) is 7.40. The van der Waals surface area contributed by atoms with Crippen molar-refractivity contribution in [1.82, 2.24) is 14.7 Å². The number of aryl methyl sites for hydroxylation is 1. The summed E-state index contributed by atoms with van der Waals surface area (Å²) in [5.74, 6) is 1.89. The Morgan fingerprint density at radius 3 is 2.47 bits per heavy atom. The first-order valence-corrected chi connectivity index (χ1v) is 12.9. The van der Waals surface area contributed by atoms with Gasteiger partial charge < -0.3 is 19.3 Å². The Labute approximate surface area is 214 Å². The van der Waals surface area contributed by atoms with Crippen molar-refractivity contribution in [2.24, 2.45) is 13.0 Å². The van der Waals surface area contributed by atoms with Crippen LogP contribution in [0.15, 0.2) is 60.7 Å². The van der Waals surface area contributed by atoms with Crippen molar-refractivity contribution in [2.45, 2.75) is 45.4 Å². The summed E-state index contributed by atoms with van der Waals surface area (Å²) in [6, 6.07) is 20.0. The molecule has 1 fully saturated rings. The third-order valence-electron chi connectivity index (χ3n) is 6.19. The second-order valence-electron chi connectivity index (χ2n) is 9.95. The van der Waals surface area contributed by atoms with Gasteiger partial charge in [0.1, 0.15) is 11.4 Å². The number of ether oxygens (including phenoxy) is 3. The zero-order valence-corrected chi connectivity index (χ0v) is 21.7. The zero-order chi connectivity index (χ0) is 25.3. The molecule has 3 aromatic rings. The number of nitrogens with zero attached hydrogens (tertiary/aromatic N) is 3. The van der Waals surface area contributed by atoms with Gasteiger partial charge in [0.25, 0.3) is 0 Å². The minimum atomic E-state index is -0.597. The van der Waals surface area contributed by atoms with E-state index in [-0.39, 0.29) is 6.10 Å². The van der Waals surface area contributed by atoms with Crippen LogP contribution in [0.25, 0.3) is 11.3 Å². The molecular weight excluding hydrogens is 454 g/mol. The number of rotatable bonds is 13. The van der Waals surface area contributed by atoms with Gasteiger partial charge in [-0.15, -0.1) is 0 Å². The van der Waals surface area contributed by atoms with Gasteiger partial charge in [-0.25, -0.2) is 4.68 Å². The summed E-state index contributed by atoms with van der Waals surface area (Å²) in [5.41, 5.74) is 2.90. The summed E-state index contributed by atoms with van der Waals surface area (Å²) >= 11 is 0. The van der Waals surface area contributed by atoms with E-state index in [9.17, 15) is 5.11 Å². The van der Waals surface area contributed by atoms with Crippen LogP contribution < -0.4 is 4.74 Å². The molecule has 1 aliphatic heterocycles. The Hall–Kier alpha value is -2.71. The van der Waals surface area contributed by atoms with E-state index in [0.717, 1.165) is 48.6 Å². The van der Waals surface area contributed by atoms with Gasteiger partial charge in [0.2, 0.25) is 5.88 Å². The highest BCUT2D eigenvalue weighted by atomic mass is 16.5. The lowest BCUT2D eigenvalue weighted by molar-refractivity contribution is -0.00399. The lowest BCUT2D eigenvalue weighted by atomic mass is 10.1. The Morgan fingerprint density at radius 1 is 1.08 bits per heavy atom. The molecule has 2 heterocycles. The quantitative estimate of drug-likeness (QED) is 0.366. The molecule has 2 atom stereocenters. The lowest BCUT2D eigenvalue weighted by Gasteiger charge is -2.28. The van der Waals surface area contributed by atoms with Gasteiger partial charge in [-0.3, -0.25) is 4.90 Å². The highest BCUT2D eigenvalue weighted by Gasteiger charge is 2.26. The molecule has 0 spiro atoms. The molecule has 2 aromatic carbocycles. The fraction of sp³-hybridized carbons (Fsp3) is 0.483. The summed E-state index contributed by atoms with van der Waals surface area (Å²) in [7, 11) is 1.91. The normalized spacial score (nSPS) is 16.7. The molecule has 1 N–H and O–H groups in total. The van der Waals surface area contributed by atoms with Gasteiger partial charge in [-0.2, -0.15) is 5.10 Å². The van der Waals surface area contributed by atoms with Crippen molar-refractivity contribution in [1.29, 1.82) is 0 Å². The molecule has 7 heteroatoms. The van der Waals surface area contributed by atoms with E-state index in [1.807, 2.05) is 55.6 Å². The maximum atomic E-state index is 10.8. The molecule has 0 bridgehead atoms. The number of aliphatic hydroxyl groups excluding tert-OH is 1. The topological polar surface area (TPSA) is 69.0 Å². The minimum absolute atomic E-state index is 0.157. The minimum Gasteiger partial charge on any atom is -0.439 e. The first-order valence-electron chi connectivity index (χ1n) is 12.9. The number of aliphatic hydroxyl groups is 1. The summed E-state index contributed by atoms with van der Waals surface area (Å²) in [6.07, 6.45) is 1.66. The van der Waals surface area contributed by atoms with Gasteiger partial charge in [0.05, 0.1) is 24.4 Å². The first kappa shape index (κ1) is 26.4. The predicted octanol–water partition coefficient (Wildman–Crippen LogP) is 4.89. The molecule has 0 radical (unpaired) electrons. The summed E-state index contributed by atoms with van der Waals surface area (Å²) < 4.78 is 19.9. The van der Waals surface area contributed by atoms with E-state index in [4.69, 9.17) is 19.3 Å². The van der Waals surface area contributed by atoms with Gasteiger partial charge in [-0.1, -0.05) is 62.4 Å². The number of hydrogen-bond acceptors (Lipinski definition) is 6. The molecule has 7 nitrogen and oxygen atoms in total. The van der Waals surface area contributed by atoms with Crippen molar-refractivity contribution < 1.29 is 19.3 Å². The van der Waals surface area contributed by atoms with Crippen molar-refractivity contribution in [2.75, 3.05) is 32.9 Å². The van der Waals surface area contributed by atoms with Crippen LogP contribution in [0.2, 0.25) is 0 Å². The summed E-state index contributed by atoms with van der Waals surface area (Å²) in [5, 5.41) is 15.7. The van der Waals surface area contributed by atoms with Crippen LogP contribution in [0.1, 0.15) is 32.3 Å². The van der Waals surface area contributed by atoms with E-state index >= 15 is 0 Å². The molecule has 4 rings (SSSR count). The van der Waals surface area contributed by atoms with Crippen LogP contribution in [0.3, 0.4) is 0 Å². The Bertz CT molecular complexity index is 1050. The van der Waals surface area contributed by atoms with Crippen molar-refractivity contribution in [3.63, 3.8) is 0 Å². The maximum Gasteiger partial charge on any atom is 0.222 e. The monoisotopic (exact) mass is 493 g/mol. The summed E-state index contributed by atoms with van der Waals surface area (Å²) in [6.45, 7) is 7.74. The zero-order valence-electron chi connectivity index (χ0n) is 21.7. The van der Waals surface area contributed by atoms with Crippen molar-refractivity contribution >= 4 is 0 Å². The molecule has 194 valence electrons. The molecule has 0 aliphatic carbocycles. The highest BCUT2D eigenvalue weighted by molar-refractivity contribution is 5.65. The number of hydrogen-bond donors (Lipinski definition) is 1. The SMILES string of the molecule is CC(C)COC[C@H](O)CN(Cc1c(-c2ccccc2)nn(C)c1Oc1ccccc1)C[C@H]1CCCO1. The number of para-hydroxylation sites is 1. The molecule has 0 unspecified atom stereocenters. The molecule has 36 heavy (non-hydrogen) atoms. The Morgan fingerprint density at radius 2 is 1.81 bits per heavy atom. The predicted molar refractivity (Wildman–Crippen MR) is 141 cm³/mol. The van der Waals surface area contributed by atoms with Crippen LogP contribution in [0, 0.1) is 5.92 Å². The van der Waals surface area contributed by atoms with Crippen molar-refractivity contribution in [3.05, 3.63) is 66.2 Å². The van der Waals surface area contributed by atoms with Gasteiger partial charge in [0.15, 0.2) is 0 Å². The van der Waals surface area contributed by atoms with E-state index in [1.165, 1.54) is 0 Å². The van der Waals surface area contributed by atoms with E-state index in [0.29, 0.717) is 38.1 Å². The number of aromatic nitrogens is 2. The molecule has 1 saturated heterocycles. The largest absolute Gasteiger partial charge is 0.439 e. The van der Waals surface area contributed by atoms with Gasteiger partial charge >= 0.3 is 0 Å². The molecule has 1 aromatic heterocycles. The molecular formula is C29H39N3O4. The van der Waals surface area contributed by atoms with Crippen molar-refractivity contribution in [3.8, 4) is 22.9 Å². The van der Waals surface area contributed by atoms with E-state index in [2.05, 4.69) is 30.9 Å².